The van der Waals surface area contributed by atoms with Gasteiger partial charge in [0.1, 0.15) is 6.04 Å². The molecule has 1 aliphatic rings. The minimum absolute atomic E-state index is 0.0465. The van der Waals surface area contributed by atoms with E-state index in [2.05, 4.69) is 10.0 Å². The molecule has 2 aromatic rings. The summed E-state index contributed by atoms with van der Waals surface area (Å²) in [5, 5.41) is 2.79. The Hall–Kier alpha value is -2.71. The van der Waals surface area contributed by atoms with Gasteiger partial charge in [-0.05, 0) is 36.1 Å². The van der Waals surface area contributed by atoms with Crippen molar-refractivity contribution in [3.05, 3.63) is 65.2 Å². The Labute approximate surface area is 190 Å². The Morgan fingerprint density at radius 1 is 1.03 bits per heavy atom. The summed E-state index contributed by atoms with van der Waals surface area (Å²) in [4.78, 5) is 27.6. The van der Waals surface area contributed by atoms with E-state index in [0.717, 1.165) is 16.7 Å². The number of aryl methyl sites for hydroxylation is 1. The summed E-state index contributed by atoms with van der Waals surface area (Å²) in [6.07, 6.45) is 0.823. The van der Waals surface area contributed by atoms with Crippen LogP contribution in [-0.2, 0) is 32.6 Å². The molecular weight excluding hydrogens is 426 g/mol. The van der Waals surface area contributed by atoms with Crippen molar-refractivity contribution in [2.24, 2.45) is 5.92 Å². The lowest BCUT2D eigenvalue weighted by Crippen LogP contribution is -2.53. The second kappa shape index (κ2) is 10.3. The number of benzene rings is 2. The summed E-state index contributed by atoms with van der Waals surface area (Å²) in [5.74, 6) is -0.125. The van der Waals surface area contributed by atoms with E-state index < -0.39 is 16.1 Å². The molecule has 172 valence electrons. The van der Waals surface area contributed by atoms with Crippen LogP contribution >= 0.6 is 0 Å². The molecule has 0 spiro atoms. The number of rotatable bonds is 8. The molecule has 0 radical (unpaired) electrons. The van der Waals surface area contributed by atoms with Crippen LogP contribution in [0.25, 0.3) is 0 Å². The van der Waals surface area contributed by atoms with Crippen LogP contribution in [-0.4, -0.2) is 44.3 Å². The van der Waals surface area contributed by atoms with Crippen LogP contribution in [0, 0.1) is 12.8 Å². The van der Waals surface area contributed by atoms with Crippen molar-refractivity contribution in [1.29, 1.82) is 0 Å². The van der Waals surface area contributed by atoms with Crippen molar-refractivity contribution in [2.45, 2.75) is 51.1 Å². The predicted octanol–water partition coefficient (Wildman–Crippen LogP) is 2.39. The summed E-state index contributed by atoms with van der Waals surface area (Å²) >= 11 is 0. The van der Waals surface area contributed by atoms with Crippen LogP contribution in [0.1, 0.15) is 37.0 Å². The topological polar surface area (TPSA) is 95.6 Å². The summed E-state index contributed by atoms with van der Waals surface area (Å²) < 4.78 is 27.3. The molecule has 3 rings (SSSR count). The van der Waals surface area contributed by atoms with Gasteiger partial charge < -0.3 is 10.2 Å². The Morgan fingerprint density at radius 2 is 1.69 bits per heavy atom. The summed E-state index contributed by atoms with van der Waals surface area (Å²) in [6, 6.07) is 13.8. The first-order valence-electron chi connectivity index (χ1n) is 10.9. The zero-order chi connectivity index (χ0) is 23.3. The lowest BCUT2D eigenvalue weighted by atomic mass is 9.92. The minimum Gasteiger partial charge on any atom is -0.353 e. The molecule has 1 atom stereocenters. The molecule has 8 heteroatoms. The maximum atomic E-state index is 13.0. The van der Waals surface area contributed by atoms with E-state index in [9.17, 15) is 18.0 Å². The molecule has 0 aromatic heterocycles. The number of fused-ring (bicyclic) bond motifs is 1. The quantitative estimate of drug-likeness (QED) is 0.595. The number of nitrogens with one attached hydrogen (secondary N) is 2. The molecule has 32 heavy (non-hydrogen) atoms. The predicted molar refractivity (Wildman–Crippen MR) is 123 cm³/mol. The van der Waals surface area contributed by atoms with E-state index in [-0.39, 0.29) is 35.7 Å². The number of nitrogens with zero attached hydrogens (tertiary/aromatic N) is 1. The number of hydrogen-bond acceptors (Lipinski definition) is 4. The first-order valence-corrected chi connectivity index (χ1v) is 12.4. The molecule has 2 aromatic carbocycles. The van der Waals surface area contributed by atoms with Gasteiger partial charge >= 0.3 is 0 Å². The third-order valence-electron chi connectivity index (χ3n) is 5.50. The van der Waals surface area contributed by atoms with E-state index in [0.29, 0.717) is 19.4 Å². The summed E-state index contributed by atoms with van der Waals surface area (Å²) in [7, 11) is -3.64. The lowest BCUT2D eigenvalue weighted by Gasteiger charge is -2.36. The molecule has 2 amide bonds. The fourth-order valence-electron chi connectivity index (χ4n) is 3.78. The van der Waals surface area contributed by atoms with Gasteiger partial charge in [-0.2, -0.15) is 0 Å². The third kappa shape index (κ3) is 5.95. The van der Waals surface area contributed by atoms with Crippen LogP contribution < -0.4 is 10.0 Å². The largest absolute Gasteiger partial charge is 0.353 e. The zero-order valence-corrected chi connectivity index (χ0v) is 19.6. The SMILES string of the molecule is Cc1ccc(S(=O)(=O)NCCNC(=O)C2Cc3ccccc3CN2C(=O)CC(C)C)cc1. The van der Waals surface area contributed by atoms with Crippen molar-refractivity contribution in [1.82, 2.24) is 14.9 Å². The average molecular weight is 458 g/mol. The van der Waals surface area contributed by atoms with Gasteiger partial charge in [0.15, 0.2) is 0 Å². The highest BCUT2D eigenvalue weighted by Crippen LogP contribution is 2.25. The van der Waals surface area contributed by atoms with Gasteiger partial charge in [0.25, 0.3) is 0 Å². The Bertz CT molecular complexity index is 1060. The van der Waals surface area contributed by atoms with E-state index in [4.69, 9.17) is 0 Å². The van der Waals surface area contributed by atoms with Gasteiger partial charge in [-0.15, -0.1) is 0 Å². The molecule has 2 N–H and O–H groups in total. The van der Waals surface area contributed by atoms with Crippen LogP contribution in [0.4, 0.5) is 0 Å². The average Bonchev–Trinajstić information content (AvgIpc) is 2.75. The maximum Gasteiger partial charge on any atom is 0.243 e. The maximum absolute atomic E-state index is 13.0. The highest BCUT2D eigenvalue weighted by atomic mass is 32.2. The number of amides is 2. The fraction of sp³-hybridized carbons (Fsp3) is 0.417. The number of carbonyl (C=O) groups excluding carboxylic acids is 2. The summed E-state index contributed by atoms with van der Waals surface area (Å²) in [5.41, 5.74) is 3.09. The molecule has 0 fully saturated rings. The van der Waals surface area contributed by atoms with Crippen molar-refractivity contribution in [3.8, 4) is 0 Å². The highest BCUT2D eigenvalue weighted by molar-refractivity contribution is 7.89. The Balaban J connectivity index is 1.61. The van der Waals surface area contributed by atoms with Gasteiger partial charge in [0.2, 0.25) is 21.8 Å². The van der Waals surface area contributed by atoms with E-state index in [1.165, 1.54) is 0 Å². The third-order valence-corrected chi connectivity index (χ3v) is 6.98. The first kappa shape index (κ1) is 23.9. The van der Waals surface area contributed by atoms with Gasteiger partial charge in [-0.25, -0.2) is 13.1 Å². The van der Waals surface area contributed by atoms with Crippen LogP contribution in [0.3, 0.4) is 0 Å². The van der Waals surface area contributed by atoms with Crippen LogP contribution in [0.5, 0.6) is 0 Å². The van der Waals surface area contributed by atoms with Crippen molar-refractivity contribution < 1.29 is 18.0 Å². The molecule has 1 aliphatic heterocycles. The second-order valence-corrected chi connectivity index (χ2v) is 10.4. The molecular formula is C24H31N3O4S. The molecule has 0 aliphatic carbocycles. The summed E-state index contributed by atoms with van der Waals surface area (Å²) in [6.45, 7) is 6.44. The zero-order valence-electron chi connectivity index (χ0n) is 18.8. The van der Waals surface area contributed by atoms with Crippen LogP contribution in [0.2, 0.25) is 0 Å². The number of carbonyl (C=O) groups is 2. The van der Waals surface area contributed by atoms with Crippen molar-refractivity contribution in [2.75, 3.05) is 13.1 Å². The van der Waals surface area contributed by atoms with E-state index in [1.54, 1.807) is 29.2 Å². The fourth-order valence-corrected chi connectivity index (χ4v) is 4.81. The molecule has 0 saturated heterocycles. The smallest absolute Gasteiger partial charge is 0.243 e. The molecule has 1 unspecified atom stereocenters. The van der Waals surface area contributed by atoms with Crippen molar-refractivity contribution in [3.63, 3.8) is 0 Å². The van der Waals surface area contributed by atoms with E-state index >= 15 is 0 Å². The first-order chi connectivity index (χ1) is 15.2. The molecule has 0 bridgehead atoms. The minimum atomic E-state index is -3.64. The number of sulfonamides is 1. The van der Waals surface area contributed by atoms with Gasteiger partial charge in [0.05, 0.1) is 4.90 Å². The van der Waals surface area contributed by atoms with Crippen LogP contribution in [0.15, 0.2) is 53.4 Å². The van der Waals surface area contributed by atoms with Crippen molar-refractivity contribution >= 4 is 21.8 Å². The molecule has 0 saturated carbocycles. The molecule has 7 nitrogen and oxygen atoms in total. The Morgan fingerprint density at radius 3 is 2.34 bits per heavy atom. The molecule has 1 heterocycles. The van der Waals surface area contributed by atoms with E-state index in [1.807, 2.05) is 45.0 Å². The standard InChI is InChI=1S/C24H31N3O4S/c1-17(2)14-23(28)27-16-20-7-5-4-6-19(20)15-22(27)24(29)25-12-13-26-32(30,31)21-10-8-18(3)9-11-21/h4-11,17,22,26H,12-16H2,1-3H3,(H,25,29). The highest BCUT2D eigenvalue weighted by Gasteiger charge is 2.34. The van der Waals surface area contributed by atoms with Gasteiger partial charge in [-0.3, -0.25) is 9.59 Å². The lowest BCUT2D eigenvalue weighted by molar-refractivity contribution is -0.142. The number of hydrogen-bond donors (Lipinski definition) is 2. The van der Waals surface area contributed by atoms with Gasteiger partial charge in [-0.1, -0.05) is 55.8 Å². The Kier molecular flexibility index (Phi) is 7.69. The van der Waals surface area contributed by atoms with Gasteiger partial charge in [0, 0.05) is 32.5 Å². The normalized spacial score (nSPS) is 16.0. The second-order valence-electron chi connectivity index (χ2n) is 8.61. The monoisotopic (exact) mass is 457 g/mol.